The summed E-state index contributed by atoms with van der Waals surface area (Å²) in [6, 6.07) is 16.4. The maximum absolute atomic E-state index is 12.4. The lowest BCUT2D eigenvalue weighted by atomic mass is 10.00. The standard InChI is InChI=1S/C20H24N2O2/c1-24-19-8-4-5-16(13-19)9-11-21-14-20(23)22-12-10-17-6-2-3-7-18(17)15-22/h2-8,13,21H,9-12,14-15H2,1H3. The maximum Gasteiger partial charge on any atom is 0.236 e. The third-order valence-electron chi connectivity index (χ3n) is 4.48. The molecule has 0 aromatic heterocycles. The van der Waals surface area contributed by atoms with Crippen molar-refractivity contribution < 1.29 is 9.53 Å². The fraction of sp³-hybridized carbons (Fsp3) is 0.350. The van der Waals surface area contributed by atoms with Gasteiger partial charge in [-0.15, -0.1) is 0 Å². The van der Waals surface area contributed by atoms with E-state index in [1.807, 2.05) is 29.2 Å². The van der Waals surface area contributed by atoms with Crippen molar-refractivity contribution in [3.8, 4) is 5.75 Å². The number of nitrogens with one attached hydrogen (secondary N) is 1. The van der Waals surface area contributed by atoms with Crippen LogP contribution in [0.3, 0.4) is 0 Å². The smallest absolute Gasteiger partial charge is 0.236 e. The predicted molar refractivity (Wildman–Crippen MR) is 95.1 cm³/mol. The van der Waals surface area contributed by atoms with Crippen LogP contribution in [0.1, 0.15) is 16.7 Å². The lowest BCUT2D eigenvalue weighted by Crippen LogP contribution is -2.41. The second kappa shape index (κ2) is 7.97. The molecule has 3 rings (SSSR count). The van der Waals surface area contributed by atoms with Crippen LogP contribution in [0.4, 0.5) is 0 Å². The van der Waals surface area contributed by atoms with Crippen molar-refractivity contribution in [2.24, 2.45) is 0 Å². The molecule has 0 fully saturated rings. The zero-order valence-corrected chi connectivity index (χ0v) is 14.1. The van der Waals surface area contributed by atoms with E-state index in [1.54, 1.807) is 7.11 Å². The number of hydrogen-bond acceptors (Lipinski definition) is 3. The number of benzene rings is 2. The monoisotopic (exact) mass is 324 g/mol. The molecule has 4 heteroatoms. The molecule has 24 heavy (non-hydrogen) atoms. The molecular formula is C20H24N2O2. The third-order valence-corrected chi connectivity index (χ3v) is 4.48. The number of rotatable bonds is 6. The molecule has 1 aliphatic heterocycles. The molecule has 0 saturated carbocycles. The second-order valence-corrected chi connectivity index (χ2v) is 6.11. The van der Waals surface area contributed by atoms with Crippen LogP contribution in [0.25, 0.3) is 0 Å². The molecule has 0 unspecified atom stereocenters. The van der Waals surface area contributed by atoms with Gasteiger partial charge in [-0.1, -0.05) is 36.4 Å². The van der Waals surface area contributed by atoms with Crippen LogP contribution in [0.15, 0.2) is 48.5 Å². The minimum Gasteiger partial charge on any atom is -0.497 e. The van der Waals surface area contributed by atoms with E-state index in [1.165, 1.54) is 16.7 Å². The van der Waals surface area contributed by atoms with Gasteiger partial charge in [-0.25, -0.2) is 0 Å². The Morgan fingerprint density at radius 3 is 2.83 bits per heavy atom. The molecule has 0 saturated heterocycles. The summed E-state index contributed by atoms with van der Waals surface area (Å²) < 4.78 is 5.23. The number of hydrogen-bond donors (Lipinski definition) is 1. The number of carbonyl (C=O) groups excluding carboxylic acids is 1. The third kappa shape index (κ3) is 4.15. The van der Waals surface area contributed by atoms with Gasteiger partial charge in [0, 0.05) is 13.1 Å². The molecule has 0 radical (unpaired) electrons. The Hall–Kier alpha value is -2.33. The highest BCUT2D eigenvalue weighted by atomic mass is 16.5. The Labute approximate surface area is 143 Å². The number of ether oxygens (including phenoxy) is 1. The van der Waals surface area contributed by atoms with Crippen LogP contribution < -0.4 is 10.1 Å². The number of carbonyl (C=O) groups is 1. The molecule has 1 amide bonds. The minimum absolute atomic E-state index is 0.176. The number of methoxy groups -OCH3 is 1. The Morgan fingerprint density at radius 1 is 1.17 bits per heavy atom. The fourth-order valence-corrected chi connectivity index (χ4v) is 3.08. The van der Waals surface area contributed by atoms with Crippen molar-refractivity contribution in [3.05, 3.63) is 65.2 Å². The molecular weight excluding hydrogens is 300 g/mol. The number of amides is 1. The first-order valence-electron chi connectivity index (χ1n) is 8.44. The lowest BCUT2D eigenvalue weighted by Gasteiger charge is -2.29. The van der Waals surface area contributed by atoms with Gasteiger partial charge >= 0.3 is 0 Å². The largest absolute Gasteiger partial charge is 0.497 e. The molecule has 0 bridgehead atoms. The quantitative estimate of drug-likeness (QED) is 0.830. The zero-order chi connectivity index (χ0) is 16.8. The maximum atomic E-state index is 12.4. The number of fused-ring (bicyclic) bond motifs is 1. The minimum atomic E-state index is 0.176. The molecule has 0 aliphatic carbocycles. The summed E-state index contributed by atoms with van der Waals surface area (Å²) in [6.07, 6.45) is 1.83. The van der Waals surface area contributed by atoms with Gasteiger partial charge in [-0.3, -0.25) is 4.79 Å². The zero-order valence-electron chi connectivity index (χ0n) is 14.1. The van der Waals surface area contributed by atoms with Crippen LogP contribution in [-0.4, -0.2) is 37.6 Å². The van der Waals surface area contributed by atoms with Crippen molar-refractivity contribution >= 4 is 5.91 Å². The SMILES string of the molecule is COc1cccc(CCNCC(=O)N2CCc3ccccc3C2)c1. The molecule has 1 aliphatic rings. The highest BCUT2D eigenvalue weighted by molar-refractivity contribution is 5.78. The molecule has 0 spiro atoms. The van der Waals surface area contributed by atoms with Gasteiger partial charge in [0.25, 0.3) is 0 Å². The summed E-state index contributed by atoms with van der Waals surface area (Å²) >= 11 is 0. The van der Waals surface area contributed by atoms with Crippen LogP contribution in [0.2, 0.25) is 0 Å². The van der Waals surface area contributed by atoms with Crippen molar-refractivity contribution in [3.63, 3.8) is 0 Å². The van der Waals surface area contributed by atoms with E-state index in [0.29, 0.717) is 6.54 Å². The summed E-state index contributed by atoms with van der Waals surface area (Å²) in [6.45, 7) is 2.72. The average molecular weight is 324 g/mol. The topological polar surface area (TPSA) is 41.6 Å². The van der Waals surface area contributed by atoms with Gasteiger partial charge in [-0.05, 0) is 48.2 Å². The Balaban J connectivity index is 1.43. The molecule has 126 valence electrons. The van der Waals surface area contributed by atoms with E-state index in [-0.39, 0.29) is 5.91 Å². The van der Waals surface area contributed by atoms with Crippen LogP contribution in [0, 0.1) is 0 Å². The van der Waals surface area contributed by atoms with E-state index in [0.717, 1.165) is 38.2 Å². The second-order valence-electron chi connectivity index (χ2n) is 6.11. The molecule has 0 atom stereocenters. The first-order valence-corrected chi connectivity index (χ1v) is 8.44. The van der Waals surface area contributed by atoms with E-state index in [9.17, 15) is 4.79 Å². The van der Waals surface area contributed by atoms with Gasteiger partial charge in [0.2, 0.25) is 5.91 Å². The molecule has 4 nitrogen and oxygen atoms in total. The average Bonchev–Trinajstić information content (AvgIpc) is 2.64. The van der Waals surface area contributed by atoms with Gasteiger partial charge in [0.05, 0.1) is 13.7 Å². The summed E-state index contributed by atoms with van der Waals surface area (Å²) in [7, 11) is 1.67. The highest BCUT2D eigenvalue weighted by Gasteiger charge is 2.19. The van der Waals surface area contributed by atoms with Crippen LogP contribution in [-0.2, 0) is 24.2 Å². The summed E-state index contributed by atoms with van der Waals surface area (Å²) in [5.41, 5.74) is 3.85. The van der Waals surface area contributed by atoms with Gasteiger partial charge in [0.1, 0.15) is 5.75 Å². The summed E-state index contributed by atoms with van der Waals surface area (Å²) in [5.74, 6) is 1.05. The van der Waals surface area contributed by atoms with E-state index in [2.05, 4.69) is 29.6 Å². The Morgan fingerprint density at radius 2 is 2.00 bits per heavy atom. The fourth-order valence-electron chi connectivity index (χ4n) is 3.08. The lowest BCUT2D eigenvalue weighted by molar-refractivity contribution is -0.131. The van der Waals surface area contributed by atoms with E-state index < -0.39 is 0 Å². The van der Waals surface area contributed by atoms with Crippen LogP contribution >= 0.6 is 0 Å². The van der Waals surface area contributed by atoms with Crippen LogP contribution in [0.5, 0.6) is 5.75 Å². The number of nitrogens with zero attached hydrogens (tertiary/aromatic N) is 1. The van der Waals surface area contributed by atoms with E-state index in [4.69, 9.17) is 4.74 Å². The van der Waals surface area contributed by atoms with Crippen molar-refractivity contribution in [1.82, 2.24) is 10.2 Å². The molecule has 1 N–H and O–H groups in total. The van der Waals surface area contributed by atoms with Crippen molar-refractivity contribution in [2.45, 2.75) is 19.4 Å². The van der Waals surface area contributed by atoms with E-state index >= 15 is 0 Å². The first kappa shape index (κ1) is 16.5. The summed E-state index contributed by atoms with van der Waals surface area (Å²) in [4.78, 5) is 14.3. The Kier molecular flexibility index (Phi) is 5.49. The highest BCUT2D eigenvalue weighted by Crippen LogP contribution is 2.18. The van der Waals surface area contributed by atoms with Crippen molar-refractivity contribution in [1.29, 1.82) is 0 Å². The Bertz CT molecular complexity index is 700. The molecule has 2 aromatic rings. The molecule has 1 heterocycles. The normalized spacial score (nSPS) is 13.5. The molecule has 2 aromatic carbocycles. The first-order chi connectivity index (χ1) is 11.8. The predicted octanol–water partition coefficient (Wildman–Crippen LogP) is 2.41. The van der Waals surface area contributed by atoms with Crippen molar-refractivity contribution in [2.75, 3.05) is 26.7 Å². The van der Waals surface area contributed by atoms with Gasteiger partial charge in [0.15, 0.2) is 0 Å². The summed E-state index contributed by atoms with van der Waals surface area (Å²) in [5, 5.41) is 3.26. The van der Waals surface area contributed by atoms with Gasteiger partial charge in [-0.2, -0.15) is 0 Å². The van der Waals surface area contributed by atoms with Gasteiger partial charge < -0.3 is 15.0 Å².